The maximum atomic E-state index is 10.9. The SMILES string of the molecule is CC(=O)Cc1coc(CCN2CCCCC2)n1. The molecule has 2 heterocycles. The monoisotopic (exact) mass is 236 g/mol. The summed E-state index contributed by atoms with van der Waals surface area (Å²) in [5, 5.41) is 0. The average molecular weight is 236 g/mol. The van der Waals surface area contributed by atoms with Crippen LogP contribution in [0.25, 0.3) is 0 Å². The van der Waals surface area contributed by atoms with E-state index in [2.05, 4.69) is 9.88 Å². The Hall–Kier alpha value is -1.16. The van der Waals surface area contributed by atoms with Crippen LogP contribution in [0.5, 0.6) is 0 Å². The third kappa shape index (κ3) is 3.97. The van der Waals surface area contributed by atoms with Crippen LogP contribution in [0.2, 0.25) is 0 Å². The predicted octanol–water partition coefficient (Wildman–Crippen LogP) is 1.83. The Morgan fingerprint density at radius 2 is 2.18 bits per heavy atom. The standard InChI is InChI=1S/C13H20N2O2/c1-11(16)9-12-10-17-13(14-12)5-8-15-6-3-2-4-7-15/h10H,2-9H2,1H3. The molecule has 0 amide bonds. The smallest absolute Gasteiger partial charge is 0.195 e. The lowest BCUT2D eigenvalue weighted by molar-refractivity contribution is -0.116. The van der Waals surface area contributed by atoms with Crippen molar-refractivity contribution in [1.82, 2.24) is 9.88 Å². The van der Waals surface area contributed by atoms with Crippen molar-refractivity contribution in [3.63, 3.8) is 0 Å². The summed E-state index contributed by atoms with van der Waals surface area (Å²) in [5.74, 6) is 0.882. The largest absolute Gasteiger partial charge is 0.449 e. The van der Waals surface area contributed by atoms with Gasteiger partial charge in [0.15, 0.2) is 5.89 Å². The number of hydrogen-bond donors (Lipinski definition) is 0. The van der Waals surface area contributed by atoms with Crippen molar-refractivity contribution in [2.45, 2.75) is 39.0 Å². The van der Waals surface area contributed by atoms with E-state index in [1.54, 1.807) is 13.2 Å². The molecule has 0 N–H and O–H groups in total. The van der Waals surface area contributed by atoms with Crippen LogP contribution in [-0.4, -0.2) is 35.3 Å². The number of aromatic nitrogens is 1. The summed E-state index contributed by atoms with van der Waals surface area (Å²) in [6.07, 6.45) is 6.80. The van der Waals surface area contributed by atoms with Crippen LogP contribution in [0, 0.1) is 0 Å². The number of oxazole rings is 1. The third-order valence-corrected chi connectivity index (χ3v) is 3.12. The first-order valence-electron chi connectivity index (χ1n) is 6.39. The fourth-order valence-corrected chi connectivity index (χ4v) is 2.24. The van der Waals surface area contributed by atoms with Crippen molar-refractivity contribution < 1.29 is 9.21 Å². The molecule has 0 unspecified atom stereocenters. The van der Waals surface area contributed by atoms with Crippen LogP contribution in [0.15, 0.2) is 10.7 Å². The number of carbonyl (C=O) groups excluding carboxylic acids is 1. The summed E-state index contributed by atoms with van der Waals surface area (Å²) in [7, 11) is 0. The van der Waals surface area contributed by atoms with Gasteiger partial charge in [0.25, 0.3) is 0 Å². The highest BCUT2D eigenvalue weighted by Gasteiger charge is 2.12. The normalized spacial score (nSPS) is 17.2. The second-order valence-corrected chi connectivity index (χ2v) is 4.76. The van der Waals surface area contributed by atoms with Crippen LogP contribution < -0.4 is 0 Å². The van der Waals surface area contributed by atoms with Gasteiger partial charge < -0.3 is 9.32 Å². The molecule has 1 aromatic heterocycles. The number of likely N-dealkylation sites (tertiary alicyclic amines) is 1. The number of carbonyl (C=O) groups is 1. The number of hydrogen-bond acceptors (Lipinski definition) is 4. The first kappa shape index (κ1) is 12.3. The Morgan fingerprint density at radius 3 is 2.88 bits per heavy atom. The molecular formula is C13H20N2O2. The molecule has 17 heavy (non-hydrogen) atoms. The summed E-state index contributed by atoms with van der Waals surface area (Å²) in [5.41, 5.74) is 0.756. The van der Waals surface area contributed by atoms with Gasteiger partial charge in [0, 0.05) is 13.0 Å². The summed E-state index contributed by atoms with van der Waals surface area (Å²) >= 11 is 0. The molecule has 1 aliphatic rings. The van der Waals surface area contributed by atoms with Gasteiger partial charge in [-0.2, -0.15) is 0 Å². The zero-order chi connectivity index (χ0) is 12.1. The zero-order valence-corrected chi connectivity index (χ0v) is 10.4. The highest BCUT2D eigenvalue weighted by Crippen LogP contribution is 2.10. The molecule has 1 saturated heterocycles. The van der Waals surface area contributed by atoms with Crippen LogP contribution in [0.4, 0.5) is 0 Å². The number of nitrogens with zero attached hydrogens (tertiary/aromatic N) is 2. The third-order valence-electron chi connectivity index (χ3n) is 3.12. The minimum Gasteiger partial charge on any atom is -0.449 e. The van der Waals surface area contributed by atoms with Gasteiger partial charge in [0.05, 0.1) is 12.1 Å². The summed E-state index contributed by atoms with van der Waals surface area (Å²) in [4.78, 5) is 17.7. The van der Waals surface area contributed by atoms with Crippen molar-refractivity contribution in [2.75, 3.05) is 19.6 Å². The van der Waals surface area contributed by atoms with Crippen molar-refractivity contribution in [3.8, 4) is 0 Å². The van der Waals surface area contributed by atoms with Gasteiger partial charge in [0.1, 0.15) is 12.0 Å². The molecule has 1 aromatic rings. The zero-order valence-electron chi connectivity index (χ0n) is 10.4. The molecule has 0 aromatic carbocycles. The molecule has 1 fully saturated rings. The Morgan fingerprint density at radius 1 is 1.41 bits per heavy atom. The van der Waals surface area contributed by atoms with Gasteiger partial charge in [-0.05, 0) is 32.9 Å². The van der Waals surface area contributed by atoms with E-state index in [4.69, 9.17) is 4.42 Å². The topological polar surface area (TPSA) is 46.3 Å². The number of rotatable bonds is 5. The van der Waals surface area contributed by atoms with Crippen molar-refractivity contribution in [2.24, 2.45) is 0 Å². The molecule has 4 heteroatoms. The van der Waals surface area contributed by atoms with E-state index < -0.39 is 0 Å². The Balaban J connectivity index is 1.78. The first-order chi connectivity index (χ1) is 8.24. The first-order valence-corrected chi connectivity index (χ1v) is 6.39. The second kappa shape index (κ2) is 5.96. The molecule has 1 aliphatic heterocycles. The van der Waals surface area contributed by atoms with E-state index in [1.165, 1.54) is 32.4 Å². The van der Waals surface area contributed by atoms with Gasteiger partial charge in [0.2, 0.25) is 0 Å². The summed E-state index contributed by atoms with van der Waals surface area (Å²) in [6, 6.07) is 0. The molecule has 0 atom stereocenters. The highest BCUT2D eigenvalue weighted by molar-refractivity contribution is 5.77. The molecule has 4 nitrogen and oxygen atoms in total. The van der Waals surface area contributed by atoms with Crippen molar-refractivity contribution in [3.05, 3.63) is 17.8 Å². The van der Waals surface area contributed by atoms with E-state index in [0.29, 0.717) is 6.42 Å². The lowest BCUT2D eigenvalue weighted by Crippen LogP contribution is -2.31. The highest BCUT2D eigenvalue weighted by atomic mass is 16.3. The number of ketones is 1. The summed E-state index contributed by atoms with van der Waals surface area (Å²) in [6.45, 7) is 4.98. The van der Waals surface area contributed by atoms with Crippen molar-refractivity contribution >= 4 is 5.78 Å². The Bertz CT molecular complexity index is 367. The van der Waals surface area contributed by atoms with E-state index >= 15 is 0 Å². The molecule has 94 valence electrons. The van der Waals surface area contributed by atoms with Gasteiger partial charge >= 0.3 is 0 Å². The van der Waals surface area contributed by atoms with Gasteiger partial charge in [-0.15, -0.1) is 0 Å². The molecule has 2 rings (SSSR count). The van der Waals surface area contributed by atoms with Crippen LogP contribution in [0.1, 0.15) is 37.8 Å². The maximum absolute atomic E-state index is 10.9. The van der Waals surface area contributed by atoms with Crippen molar-refractivity contribution in [1.29, 1.82) is 0 Å². The van der Waals surface area contributed by atoms with E-state index in [-0.39, 0.29) is 5.78 Å². The van der Waals surface area contributed by atoms with Crippen LogP contribution in [0.3, 0.4) is 0 Å². The average Bonchev–Trinajstić information content (AvgIpc) is 2.75. The Labute approximate surface area is 102 Å². The minimum atomic E-state index is 0.126. The molecule has 0 saturated carbocycles. The second-order valence-electron chi connectivity index (χ2n) is 4.76. The van der Waals surface area contributed by atoms with E-state index in [9.17, 15) is 4.79 Å². The van der Waals surface area contributed by atoms with Crippen LogP contribution >= 0.6 is 0 Å². The van der Waals surface area contributed by atoms with Gasteiger partial charge in [-0.1, -0.05) is 6.42 Å². The molecule has 0 radical (unpaired) electrons. The van der Waals surface area contributed by atoms with Gasteiger partial charge in [-0.3, -0.25) is 4.79 Å². The molecular weight excluding hydrogens is 216 g/mol. The molecule has 0 bridgehead atoms. The Kier molecular flexibility index (Phi) is 4.31. The summed E-state index contributed by atoms with van der Waals surface area (Å²) < 4.78 is 5.37. The quantitative estimate of drug-likeness (QED) is 0.782. The fourth-order valence-electron chi connectivity index (χ4n) is 2.24. The minimum absolute atomic E-state index is 0.126. The van der Waals surface area contributed by atoms with Crippen LogP contribution in [-0.2, 0) is 17.6 Å². The number of Topliss-reactive ketones (excluding diaryl/α,β-unsaturated/α-hetero) is 1. The molecule has 0 spiro atoms. The fraction of sp³-hybridized carbons (Fsp3) is 0.692. The van der Waals surface area contributed by atoms with E-state index in [0.717, 1.165) is 24.6 Å². The molecule has 0 aliphatic carbocycles. The lowest BCUT2D eigenvalue weighted by Gasteiger charge is -2.25. The predicted molar refractivity (Wildman–Crippen MR) is 64.9 cm³/mol. The maximum Gasteiger partial charge on any atom is 0.195 e. The van der Waals surface area contributed by atoms with Gasteiger partial charge in [-0.25, -0.2) is 4.98 Å². The van der Waals surface area contributed by atoms with E-state index in [1.807, 2.05) is 0 Å². The number of piperidine rings is 1. The lowest BCUT2D eigenvalue weighted by atomic mass is 10.1.